The number of nitrogens with zero attached hydrogens (tertiary/aromatic N) is 3. The van der Waals surface area contributed by atoms with Gasteiger partial charge in [0.1, 0.15) is 16.3 Å². The predicted octanol–water partition coefficient (Wildman–Crippen LogP) is 4.38. The number of aromatic nitrogens is 3. The highest BCUT2D eigenvalue weighted by molar-refractivity contribution is 7.12. The molecular formula is C18H15N3S. The number of hydrogen-bond acceptors (Lipinski definition) is 3. The number of thiophene rings is 1. The highest BCUT2D eigenvalue weighted by Gasteiger charge is 2.14. The molecule has 4 heteroatoms. The molecule has 0 bridgehead atoms. The first-order valence-corrected chi connectivity index (χ1v) is 8.11. The molecule has 0 N–H and O–H groups in total. The lowest BCUT2D eigenvalue weighted by Gasteiger charge is -2.08. The molecule has 0 radical (unpaired) electrons. The van der Waals surface area contributed by atoms with Gasteiger partial charge in [-0.3, -0.25) is 4.57 Å². The van der Waals surface area contributed by atoms with Crippen LogP contribution in [0.2, 0.25) is 0 Å². The number of fused-ring (bicyclic) bond motifs is 1. The minimum absolute atomic E-state index is 0.806. The molecule has 0 saturated carbocycles. The molecule has 0 aliphatic heterocycles. The van der Waals surface area contributed by atoms with Crippen LogP contribution in [0.4, 0.5) is 0 Å². The molecule has 22 heavy (non-hydrogen) atoms. The van der Waals surface area contributed by atoms with Gasteiger partial charge in [-0.05, 0) is 47.7 Å². The van der Waals surface area contributed by atoms with Gasteiger partial charge in [-0.1, -0.05) is 24.3 Å². The summed E-state index contributed by atoms with van der Waals surface area (Å²) in [6, 6.07) is 16.6. The van der Waals surface area contributed by atoms with Crippen molar-refractivity contribution in [2.24, 2.45) is 0 Å². The van der Waals surface area contributed by atoms with E-state index in [-0.39, 0.29) is 0 Å². The van der Waals surface area contributed by atoms with Gasteiger partial charge in [-0.15, -0.1) is 11.3 Å². The summed E-state index contributed by atoms with van der Waals surface area (Å²) < 4.78 is 2.17. The lowest BCUT2D eigenvalue weighted by atomic mass is 10.1. The smallest absolute Gasteiger partial charge is 0.165 e. The van der Waals surface area contributed by atoms with Gasteiger partial charge in [0.15, 0.2) is 5.65 Å². The Morgan fingerprint density at radius 3 is 2.77 bits per heavy atom. The second-order valence-electron chi connectivity index (χ2n) is 5.26. The van der Waals surface area contributed by atoms with Crippen LogP contribution in [0.3, 0.4) is 0 Å². The number of aryl methyl sites for hydroxylation is 1. The second kappa shape index (κ2) is 5.39. The molecular weight excluding hydrogens is 290 g/mol. The Morgan fingerprint density at radius 1 is 1.05 bits per heavy atom. The van der Waals surface area contributed by atoms with E-state index in [4.69, 9.17) is 4.98 Å². The van der Waals surface area contributed by atoms with Crippen LogP contribution in [0.25, 0.3) is 16.2 Å². The van der Waals surface area contributed by atoms with E-state index >= 15 is 0 Å². The Morgan fingerprint density at radius 2 is 1.95 bits per heavy atom. The van der Waals surface area contributed by atoms with Crippen LogP contribution < -0.4 is 0 Å². The number of imidazole rings is 1. The fraction of sp³-hybridized carbons (Fsp3) is 0.111. The van der Waals surface area contributed by atoms with E-state index in [9.17, 15) is 0 Å². The molecule has 3 aromatic heterocycles. The Hall–Kier alpha value is -2.46. The number of rotatable bonds is 3. The average Bonchev–Trinajstić information content (AvgIpc) is 3.16. The molecule has 0 unspecified atom stereocenters. The Bertz CT molecular complexity index is 923. The van der Waals surface area contributed by atoms with E-state index in [2.05, 4.69) is 58.3 Å². The molecule has 0 spiro atoms. The quantitative estimate of drug-likeness (QED) is 0.562. The minimum atomic E-state index is 0.806. The molecule has 3 heterocycles. The summed E-state index contributed by atoms with van der Waals surface area (Å²) in [7, 11) is 0. The molecule has 4 rings (SSSR count). The summed E-state index contributed by atoms with van der Waals surface area (Å²) in [5.41, 5.74) is 4.46. The van der Waals surface area contributed by atoms with Gasteiger partial charge >= 0.3 is 0 Å². The summed E-state index contributed by atoms with van der Waals surface area (Å²) in [5.74, 6) is 1.03. The number of pyridine rings is 1. The third-order valence-corrected chi connectivity index (χ3v) is 4.68. The molecule has 3 nitrogen and oxygen atoms in total. The molecule has 0 aliphatic rings. The first kappa shape index (κ1) is 13.2. The summed E-state index contributed by atoms with van der Waals surface area (Å²) in [6.07, 6.45) is 2.63. The van der Waals surface area contributed by atoms with E-state index in [1.54, 1.807) is 11.3 Å². The maximum absolute atomic E-state index is 4.81. The maximum atomic E-state index is 4.81. The molecule has 0 aliphatic carbocycles. The third-order valence-electron chi connectivity index (χ3n) is 3.82. The van der Waals surface area contributed by atoms with Gasteiger partial charge in [-0.25, -0.2) is 9.97 Å². The third kappa shape index (κ3) is 2.22. The zero-order valence-corrected chi connectivity index (χ0v) is 13.0. The van der Waals surface area contributed by atoms with Crippen LogP contribution >= 0.6 is 11.3 Å². The van der Waals surface area contributed by atoms with Crippen molar-refractivity contribution in [1.29, 1.82) is 0 Å². The zero-order valence-electron chi connectivity index (χ0n) is 12.2. The van der Waals surface area contributed by atoms with Crippen LogP contribution in [0.5, 0.6) is 0 Å². The molecule has 1 aromatic carbocycles. The average molecular weight is 305 g/mol. The van der Waals surface area contributed by atoms with Crippen molar-refractivity contribution in [3.05, 3.63) is 77.1 Å². The Labute approximate surface area is 132 Å². The molecule has 0 amide bonds. The predicted molar refractivity (Wildman–Crippen MR) is 90.7 cm³/mol. The topological polar surface area (TPSA) is 30.7 Å². The van der Waals surface area contributed by atoms with E-state index in [1.165, 1.54) is 11.1 Å². The lowest BCUT2D eigenvalue weighted by Crippen LogP contribution is -2.02. The first-order valence-electron chi connectivity index (χ1n) is 7.23. The fourth-order valence-electron chi connectivity index (χ4n) is 2.69. The van der Waals surface area contributed by atoms with Gasteiger partial charge in [-0.2, -0.15) is 0 Å². The van der Waals surface area contributed by atoms with E-state index in [1.807, 2.05) is 18.3 Å². The highest BCUT2D eigenvalue weighted by Crippen LogP contribution is 2.25. The van der Waals surface area contributed by atoms with Crippen LogP contribution in [-0.2, 0) is 6.42 Å². The van der Waals surface area contributed by atoms with Crippen molar-refractivity contribution in [1.82, 2.24) is 14.5 Å². The van der Waals surface area contributed by atoms with E-state index < -0.39 is 0 Å². The fourth-order valence-corrected chi connectivity index (χ4v) is 3.44. The van der Waals surface area contributed by atoms with Gasteiger partial charge in [0.05, 0.1) is 0 Å². The second-order valence-corrected chi connectivity index (χ2v) is 6.19. The largest absolute Gasteiger partial charge is 0.271 e. The molecule has 4 aromatic rings. The van der Waals surface area contributed by atoms with Crippen molar-refractivity contribution in [3.63, 3.8) is 0 Å². The lowest BCUT2D eigenvalue weighted by molar-refractivity contribution is 0.931. The standard InChI is InChI=1S/C18H15N3S/c1-13-6-2-3-7-14(13)12-16-20-15-8-4-10-19-18(15)21(16)17-9-5-11-22-17/h2-11H,12H2,1H3. The van der Waals surface area contributed by atoms with E-state index in [0.717, 1.165) is 28.4 Å². The van der Waals surface area contributed by atoms with Crippen LogP contribution in [0, 0.1) is 6.92 Å². The van der Waals surface area contributed by atoms with Crippen molar-refractivity contribution in [2.45, 2.75) is 13.3 Å². The minimum Gasteiger partial charge on any atom is -0.271 e. The summed E-state index contributed by atoms with van der Waals surface area (Å²) in [5, 5.41) is 3.24. The Kier molecular flexibility index (Phi) is 3.24. The maximum Gasteiger partial charge on any atom is 0.165 e. The summed E-state index contributed by atoms with van der Waals surface area (Å²) >= 11 is 1.71. The van der Waals surface area contributed by atoms with Crippen molar-refractivity contribution in [2.75, 3.05) is 0 Å². The number of hydrogen-bond donors (Lipinski definition) is 0. The monoisotopic (exact) mass is 305 g/mol. The molecule has 0 atom stereocenters. The summed E-state index contributed by atoms with van der Waals surface area (Å²) in [4.78, 5) is 9.34. The molecule has 108 valence electrons. The van der Waals surface area contributed by atoms with Gasteiger partial charge in [0.25, 0.3) is 0 Å². The SMILES string of the molecule is Cc1ccccc1Cc1nc2cccnc2n1-c1cccs1. The highest BCUT2D eigenvalue weighted by atomic mass is 32.1. The van der Waals surface area contributed by atoms with Crippen molar-refractivity contribution >= 4 is 22.5 Å². The zero-order chi connectivity index (χ0) is 14.9. The van der Waals surface area contributed by atoms with Crippen LogP contribution in [0.1, 0.15) is 17.0 Å². The summed E-state index contributed by atoms with van der Waals surface area (Å²) in [6.45, 7) is 2.14. The normalized spacial score (nSPS) is 11.1. The molecule has 0 fully saturated rings. The van der Waals surface area contributed by atoms with Crippen LogP contribution in [-0.4, -0.2) is 14.5 Å². The first-order chi connectivity index (χ1) is 10.8. The van der Waals surface area contributed by atoms with Crippen molar-refractivity contribution < 1.29 is 0 Å². The van der Waals surface area contributed by atoms with Gasteiger partial charge in [0.2, 0.25) is 0 Å². The van der Waals surface area contributed by atoms with E-state index in [0.29, 0.717) is 0 Å². The van der Waals surface area contributed by atoms with Gasteiger partial charge in [0, 0.05) is 12.6 Å². The number of benzene rings is 1. The van der Waals surface area contributed by atoms with Crippen molar-refractivity contribution in [3.8, 4) is 5.00 Å². The molecule has 0 saturated heterocycles. The Balaban J connectivity index is 1.90. The van der Waals surface area contributed by atoms with Crippen LogP contribution in [0.15, 0.2) is 60.1 Å². The van der Waals surface area contributed by atoms with Gasteiger partial charge < -0.3 is 0 Å².